The van der Waals surface area contributed by atoms with E-state index >= 15 is 0 Å². The van der Waals surface area contributed by atoms with Crippen LogP contribution in [0.5, 0.6) is 11.5 Å². The zero-order valence-electron chi connectivity index (χ0n) is 9.67. The van der Waals surface area contributed by atoms with Gasteiger partial charge in [0.25, 0.3) is 0 Å². The molecular formula is C12H12BrFO4. The number of methoxy groups -OCH3 is 1. The first-order valence-electron chi connectivity index (χ1n) is 5.43. The minimum atomic E-state index is -1.24. The Labute approximate surface area is 112 Å². The van der Waals surface area contributed by atoms with Crippen LogP contribution in [0.3, 0.4) is 0 Å². The van der Waals surface area contributed by atoms with E-state index < -0.39 is 17.2 Å². The largest absolute Gasteiger partial charge is 0.503 e. The van der Waals surface area contributed by atoms with E-state index in [0.29, 0.717) is 12.8 Å². The van der Waals surface area contributed by atoms with Gasteiger partial charge in [-0.25, -0.2) is 4.39 Å². The molecule has 0 unspecified atom stereocenters. The number of rotatable bonds is 3. The topological polar surface area (TPSA) is 66.8 Å². The highest BCUT2D eigenvalue weighted by Crippen LogP contribution is 2.51. The van der Waals surface area contributed by atoms with E-state index in [4.69, 9.17) is 4.74 Å². The first-order valence-corrected chi connectivity index (χ1v) is 6.22. The number of phenols is 1. The second-order valence-corrected chi connectivity index (χ2v) is 5.13. The van der Waals surface area contributed by atoms with Gasteiger partial charge < -0.3 is 14.9 Å². The summed E-state index contributed by atoms with van der Waals surface area (Å²) in [6.45, 7) is 0. The van der Waals surface area contributed by atoms with Gasteiger partial charge in [-0.05, 0) is 28.8 Å². The van der Waals surface area contributed by atoms with E-state index in [1.54, 1.807) is 0 Å². The van der Waals surface area contributed by atoms with Gasteiger partial charge in [0.2, 0.25) is 0 Å². The molecule has 0 amide bonds. The smallest absolute Gasteiger partial charge is 0.314 e. The summed E-state index contributed by atoms with van der Waals surface area (Å²) in [7, 11) is 1.30. The van der Waals surface area contributed by atoms with Crippen LogP contribution < -0.4 is 4.74 Å². The van der Waals surface area contributed by atoms with Crippen LogP contribution in [0.25, 0.3) is 0 Å². The molecule has 0 heterocycles. The molecule has 1 saturated carbocycles. The lowest BCUT2D eigenvalue weighted by Gasteiger charge is -2.39. The Hall–Kier alpha value is -1.30. The predicted molar refractivity (Wildman–Crippen MR) is 65.5 cm³/mol. The molecule has 2 rings (SSSR count). The van der Waals surface area contributed by atoms with Gasteiger partial charge >= 0.3 is 5.97 Å². The molecule has 0 saturated heterocycles. The normalized spacial score (nSPS) is 17.1. The molecule has 0 bridgehead atoms. The summed E-state index contributed by atoms with van der Waals surface area (Å²) in [5, 5.41) is 19.1. The van der Waals surface area contributed by atoms with Gasteiger partial charge in [0, 0.05) is 11.6 Å². The molecule has 18 heavy (non-hydrogen) atoms. The molecule has 1 aliphatic carbocycles. The Morgan fingerprint density at radius 2 is 2.17 bits per heavy atom. The van der Waals surface area contributed by atoms with Crippen LogP contribution in [0.15, 0.2) is 10.5 Å². The number of halogens is 2. The van der Waals surface area contributed by atoms with Crippen molar-refractivity contribution < 1.29 is 24.1 Å². The van der Waals surface area contributed by atoms with Crippen LogP contribution in [0.1, 0.15) is 24.8 Å². The SMILES string of the molecule is COc1cc(F)c(C2(C(=O)O)CCC2)c(Br)c1O. The Morgan fingerprint density at radius 3 is 2.56 bits per heavy atom. The number of aromatic hydroxyl groups is 1. The molecule has 4 nitrogen and oxygen atoms in total. The fraction of sp³-hybridized carbons (Fsp3) is 0.417. The summed E-state index contributed by atoms with van der Waals surface area (Å²) >= 11 is 3.07. The number of ether oxygens (including phenoxy) is 1. The summed E-state index contributed by atoms with van der Waals surface area (Å²) in [5.41, 5.74) is -1.24. The first-order chi connectivity index (χ1) is 8.44. The Bertz CT molecular complexity index is 511. The van der Waals surface area contributed by atoms with Crippen LogP contribution in [-0.4, -0.2) is 23.3 Å². The molecule has 1 aliphatic rings. The minimum absolute atomic E-state index is 0.000417. The molecule has 2 N–H and O–H groups in total. The highest BCUT2D eigenvalue weighted by molar-refractivity contribution is 9.10. The summed E-state index contributed by atoms with van der Waals surface area (Å²) in [4.78, 5) is 11.4. The van der Waals surface area contributed by atoms with Crippen molar-refractivity contribution in [3.05, 3.63) is 21.9 Å². The molecule has 0 aromatic heterocycles. The number of carboxylic acid groups (broad SMARTS) is 1. The van der Waals surface area contributed by atoms with Crippen LogP contribution in [-0.2, 0) is 10.2 Å². The maximum atomic E-state index is 14.1. The van der Waals surface area contributed by atoms with Gasteiger partial charge in [-0.15, -0.1) is 0 Å². The van der Waals surface area contributed by atoms with Gasteiger partial charge in [-0.1, -0.05) is 6.42 Å². The quantitative estimate of drug-likeness (QED) is 0.899. The van der Waals surface area contributed by atoms with Crippen LogP contribution in [0.4, 0.5) is 4.39 Å². The van der Waals surface area contributed by atoms with E-state index in [1.165, 1.54) is 7.11 Å². The fourth-order valence-electron chi connectivity index (χ4n) is 2.28. The number of hydrogen-bond acceptors (Lipinski definition) is 3. The maximum absolute atomic E-state index is 14.1. The second kappa shape index (κ2) is 4.42. The molecular weight excluding hydrogens is 307 g/mol. The predicted octanol–water partition coefficient (Wildman–Crippen LogP) is 2.81. The molecule has 1 aromatic rings. The molecule has 98 valence electrons. The lowest BCUT2D eigenvalue weighted by atomic mass is 9.64. The van der Waals surface area contributed by atoms with Crippen molar-refractivity contribution in [2.45, 2.75) is 24.7 Å². The second-order valence-electron chi connectivity index (χ2n) is 4.34. The van der Waals surface area contributed by atoms with Crippen molar-refractivity contribution in [1.29, 1.82) is 0 Å². The molecule has 0 spiro atoms. The molecule has 1 fully saturated rings. The molecule has 0 aliphatic heterocycles. The van der Waals surface area contributed by atoms with E-state index in [1.807, 2.05) is 0 Å². The number of aliphatic carboxylic acids is 1. The van der Waals surface area contributed by atoms with Crippen molar-refractivity contribution in [2.24, 2.45) is 0 Å². The zero-order valence-corrected chi connectivity index (χ0v) is 11.3. The van der Waals surface area contributed by atoms with Crippen molar-refractivity contribution >= 4 is 21.9 Å². The fourth-order valence-corrected chi connectivity index (χ4v) is 3.05. The van der Waals surface area contributed by atoms with E-state index in [2.05, 4.69) is 15.9 Å². The Morgan fingerprint density at radius 1 is 1.56 bits per heavy atom. The average molecular weight is 319 g/mol. The highest BCUT2D eigenvalue weighted by atomic mass is 79.9. The average Bonchev–Trinajstić information content (AvgIpc) is 2.26. The molecule has 0 atom stereocenters. The van der Waals surface area contributed by atoms with Gasteiger partial charge in [0.1, 0.15) is 5.82 Å². The van der Waals surface area contributed by atoms with E-state index in [0.717, 1.165) is 12.5 Å². The Balaban J connectivity index is 2.65. The summed E-state index contributed by atoms with van der Waals surface area (Å²) in [5.74, 6) is -2.05. The standard InChI is InChI=1S/C12H12BrFO4/c1-18-7-5-6(14)8(9(13)10(7)15)12(11(16)17)3-2-4-12/h5,15H,2-4H2,1H3,(H,16,17). The molecule has 0 radical (unpaired) electrons. The van der Waals surface area contributed by atoms with Crippen molar-refractivity contribution in [3.63, 3.8) is 0 Å². The lowest BCUT2D eigenvalue weighted by molar-refractivity contribution is -0.147. The van der Waals surface area contributed by atoms with Crippen LogP contribution >= 0.6 is 15.9 Å². The Kier molecular flexibility index (Phi) is 3.23. The van der Waals surface area contributed by atoms with Gasteiger partial charge in [-0.3, -0.25) is 4.79 Å². The zero-order chi connectivity index (χ0) is 13.5. The third-order valence-electron chi connectivity index (χ3n) is 3.47. The summed E-state index contributed by atoms with van der Waals surface area (Å²) in [6, 6.07) is 1.01. The van der Waals surface area contributed by atoms with Crippen molar-refractivity contribution in [1.82, 2.24) is 0 Å². The van der Waals surface area contributed by atoms with E-state index in [9.17, 15) is 19.4 Å². The van der Waals surface area contributed by atoms with Crippen molar-refractivity contribution in [3.8, 4) is 11.5 Å². The van der Waals surface area contributed by atoms with E-state index in [-0.39, 0.29) is 21.5 Å². The first kappa shape index (κ1) is 13.1. The number of carboxylic acids is 1. The number of carbonyl (C=O) groups is 1. The monoisotopic (exact) mass is 318 g/mol. The summed E-state index contributed by atoms with van der Waals surface area (Å²) in [6.07, 6.45) is 1.46. The van der Waals surface area contributed by atoms with Crippen molar-refractivity contribution in [2.75, 3.05) is 7.11 Å². The van der Waals surface area contributed by atoms with Gasteiger partial charge in [0.05, 0.1) is 17.0 Å². The minimum Gasteiger partial charge on any atom is -0.503 e. The lowest BCUT2D eigenvalue weighted by Crippen LogP contribution is -2.43. The number of hydrogen-bond donors (Lipinski definition) is 2. The third-order valence-corrected chi connectivity index (χ3v) is 4.24. The van der Waals surface area contributed by atoms with Gasteiger partial charge in [0.15, 0.2) is 11.5 Å². The van der Waals surface area contributed by atoms with Crippen LogP contribution in [0.2, 0.25) is 0 Å². The maximum Gasteiger partial charge on any atom is 0.314 e. The van der Waals surface area contributed by atoms with Crippen LogP contribution in [0, 0.1) is 5.82 Å². The molecule has 1 aromatic carbocycles. The number of benzene rings is 1. The molecule has 6 heteroatoms. The third kappa shape index (κ3) is 1.67. The van der Waals surface area contributed by atoms with Gasteiger partial charge in [-0.2, -0.15) is 0 Å². The number of phenolic OH excluding ortho intramolecular Hbond substituents is 1. The summed E-state index contributed by atoms with van der Waals surface area (Å²) < 4.78 is 18.9. The highest BCUT2D eigenvalue weighted by Gasteiger charge is 2.49.